The highest BCUT2D eigenvalue weighted by Crippen LogP contribution is 2.15. The predicted octanol–water partition coefficient (Wildman–Crippen LogP) is -1.44. The van der Waals surface area contributed by atoms with E-state index in [0.29, 0.717) is 0 Å². The highest BCUT2D eigenvalue weighted by Gasteiger charge is 2.29. The molecule has 1 aromatic heterocycles. The number of sulfone groups is 1. The highest BCUT2D eigenvalue weighted by atomic mass is 32.2. The summed E-state index contributed by atoms with van der Waals surface area (Å²) in [5, 5.41) is 11.4. The smallest absolute Gasteiger partial charge is 0.271 e. The average molecular weight is 284 g/mol. The van der Waals surface area contributed by atoms with Gasteiger partial charge in [-0.25, -0.2) is 18.4 Å². The lowest BCUT2D eigenvalue weighted by atomic mass is 10.3. The minimum Gasteiger partial charge on any atom is -0.356 e. The molecule has 102 valence electrons. The van der Waals surface area contributed by atoms with Crippen molar-refractivity contribution in [2.75, 3.05) is 13.3 Å². The fourth-order valence-electron chi connectivity index (χ4n) is 1.50. The highest BCUT2D eigenvalue weighted by molar-refractivity contribution is 7.90. The second kappa shape index (κ2) is 4.59. The van der Waals surface area contributed by atoms with Gasteiger partial charge in [-0.3, -0.25) is 4.79 Å². The fourth-order valence-corrected chi connectivity index (χ4v) is 2.02. The first-order valence-corrected chi connectivity index (χ1v) is 7.15. The molecule has 0 aromatic carbocycles. The van der Waals surface area contributed by atoms with Crippen LogP contribution in [0.5, 0.6) is 0 Å². The van der Waals surface area contributed by atoms with E-state index >= 15 is 0 Å². The summed E-state index contributed by atoms with van der Waals surface area (Å²) in [6.07, 6.45) is 2.56. The fraction of sp³-hybridized carbons (Fsp3) is 0.300. The molecule has 1 unspecified atom stereocenters. The number of hydrogen-bond acceptors (Lipinski definition) is 7. The minimum absolute atomic E-state index is 0.186. The first-order chi connectivity index (χ1) is 8.79. The molecule has 19 heavy (non-hydrogen) atoms. The molecule has 0 spiro atoms. The van der Waals surface area contributed by atoms with Crippen LogP contribution in [0.4, 0.5) is 0 Å². The van der Waals surface area contributed by atoms with Crippen LogP contribution in [0.15, 0.2) is 23.1 Å². The first kappa shape index (κ1) is 13.4. The number of hydrogen-bond donors (Lipinski definition) is 2. The van der Waals surface area contributed by atoms with Crippen molar-refractivity contribution < 1.29 is 18.3 Å². The molecule has 1 atom stereocenters. The van der Waals surface area contributed by atoms with Crippen LogP contribution in [0, 0.1) is 0 Å². The maximum absolute atomic E-state index is 11.5. The van der Waals surface area contributed by atoms with Crippen LogP contribution < -0.4 is 5.32 Å². The first-order valence-electron chi connectivity index (χ1n) is 5.25. The third kappa shape index (κ3) is 2.71. The number of likely N-dealkylation sites (N-methyl/N-ethyl adjacent to an activating group) is 1. The second-order valence-corrected chi connectivity index (χ2v) is 5.93. The zero-order valence-corrected chi connectivity index (χ0v) is 11.0. The maximum Gasteiger partial charge on any atom is 0.271 e. The van der Waals surface area contributed by atoms with E-state index in [4.69, 9.17) is 0 Å². The third-order valence-electron chi connectivity index (χ3n) is 2.51. The Balaban J connectivity index is 2.42. The van der Waals surface area contributed by atoms with Crippen molar-refractivity contribution in [3.63, 3.8) is 0 Å². The van der Waals surface area contributed by atoms with Gasteiger partial charge in [-0.2, -0.15) is 0 Å². The Kier molecular flexibility index (Phi) is 3.25. The van der Waals surface area contributed by atoms with E-state index in [0.717, 1.165) is 6.26 Å². The molecular weight excluding hydrogens is 272 g/mol. The van der Waals surface area contributed by atoms with Crippen LogP contribution >= 0.6 is 0 Å². The van der Waals surface area contributed by atoms with Crippen LogP contribution in [0.3, 0.4) is 0 Å². The van der Waals surface area contributed by atoms with Gasteiger partial charge in [0.25, 0.3) is 5.91 Å². The molecule has 0 aliphatic carbocycles. The zero-order chi connectivity index (χ0) is 14.2. The van der Waals surface area contributed by atoms with E-state index in [1.165, 1.54) is 30.3 Å². The monoisotopic (exact) mass is 284 g/mol. The average Bonchev–Trinajstić information content (AvgIpc) is 2.55. The van der Waals surface area contributed by atoms with E-state index < -0.39 is 22.1 Å². The largest absolute Gasteiger partial charge is 0.356 e. The molecule has 2 rings (SSSR count). The summed E-state index contributed by atoms with van der Waals surface area (Å²) in [6.45, 7) is 0. The number of carbonyl (C=O) groups is 1. The van der Waals surface area contributed by atoms with E-state index in [9.17, 15) is 18.3 Å². The van der Waals surface area contributed by atoms with Gasteiger partial charge >= 0.3 is 0 Å². The van der Waals surface area contributed by atoms with Gasteiger partial charge in [0.1, 0.15) is 5.70 Å². The number of amides is 1. The minimum atomic E-state index is -3.51. The van der Waals surface area contributed by atoms with Gasteiger partial charge < -0.3 is 15.3 Å². The Bertz CT molecular complexity index is 655. The molecule has 0 bridgehead atoms. The van der Waals surface area contributed by atoms with Gasteiger partial charge in [0.15, 0.2) is 0 Å². The van der Waals surface area contributed by atoms with Crippen molar-refractivity contribution in [1.29, 1.82) is 0 Å². The van der Waals surface area contributed by atoms with Crippen LogP contribution in [0.2, 0.25) is 0 Å². The Morgan fingerprint density at radius 1 is 1.53 bits per heavy atom. The Labute approximate surface area is 109 Å². The lowest BCUT2D eigenvalue weighted by molar-refractivity contribution is -0.117. The maximum atomic E-state index is 11.5. The number of aliphatic hydroxyl groups is 1. The molecule has 1 aliphatic rings. The van der Waals surface area contributed by atoms with Gasteiger partial charge in [-0.1, -0.05) is 0 Å². The standard InChI is InChI=1S/C10H12N4O4S/c1-14-7(8(15)13-10(14)16)5-6-3-4-11-9(12-6)19(2,17)18/h3-5,10,16H,1-2H3,(H,13,15). The van der Waals surface area contributed by atoms with E-state index in [2.05, 4.69) is 15.3 Å². The van der Waals surface area contributed by atoms with E-state index in [-0.39, 0.29) is 16.5 Å². The number of nitrogens with one attached hydrogen (secondary N) is 1. The Morgan fingerprint density at radius 2 is 2.21 bits per heavy atom. The summed E-state index contributed by atoms with van der Waals surface area (Å²) in [7, 11) is -1.99. The molecule has 9 heteroatoms. The van der Waals surface area contributed by atoms with Crippen LogP contribution in [-0.4, -0.2) is 54.0 Å². The van der Waals surface area contributed by atoms with Crippen LogP contribution in [-0.2, 0) is 14.6 Å². The lowest BCUT2D eigenvalue weighted by Gasteiger charge is -2.14. The molecule has 2 heterocycles. The summed E-state index contributed by atoms with van der Waals surface area (Å²) >= 11 is 0. The molecule has 8 nitrogen and oxygen atoms in total. The molecule has 1 aromatic rings. The third-order valence-corrected chi connectivity index (χ3v) is 3.37. The quantitative estimate of drug-likeness (QED) is 0.505. The van der Waals surface area contributed by atoms with Gasteiger partial charge in [-0.05, 0) is 12.1 Å². The summed E-state index contributed by atoms with van der Waals surface area (Å²) < 4.78 is 22.7. The summed E-state index contributed by atoms with van der Waals surface area (Å²) in [5.41, 5.74) is 0.451. The molecule has 1 saturated heterocycles. The van der Waals surface area contributed by atoms with Gasteiger partial charge in [0, 0.05) is 19.5 Å². The number of nitrogens with zero attached hydrogens (tertiary/aromatic N) is 3. The number of carbonyl (C=O) groups excluding carboxylic acids is 1. The molecule has 1 amide bonds. The topological polar surface area (TPSA) is 112 Å². The number of aromatic nitrogens is 2. The summed E-state index contributed by atoms with van der Waals surface area (Å²) in [4.78, 5) is 20.3. The molecule has 0 radical (unpaired) electrons. The number of aliphatic hydroxyl groups excluding tert-OH is 1. The SMILES string of the molecule is CN1C(=Cc2ccnc(S(C)(=O)=O)n2)C(=O)NC1O. The molecule has 0 saturated carbocycles. The van der Waals surface area contributed by atoms with Crippen LogP contribution in [0.1, 0.15) is 5.69 Å². The van der Waals surface area contributed by atoms with Gasteiger partial charge in [0.05, 0.1) is 5.69 Å². The van der Waals surface area contributed by atoms with E-state index in [1.807, 2.05) is 0 Å². The predicted molar refractivity (Wildman–Crippen MR) is 65.0 cm³/mol. The summed E-state index contributed by atoms with van der Waals surface area (Å²) in [6, 6.07) is 1.47. The molecule has 1 fully saturated rings. The number of rotatable bonds is 2. The van der Waals surface area contributed by atoms with Crippen molar-refractivity contribution in [1.82, 2.24) is 20.2 Å². The second-order valence-electron chi connectivity index (χ2n) is 4.02. The molecule has 2 N–H and O–H groups in total. The Morgan fingerprint density at radius 3 is 2.74 bits per heavy atom. The van der Waals surface area contributed by atoms with Crippen molar-refractivity contribution in [3.05, 3.63) is 23.7 Å². The van der Waals surface area contributed by atoms with Gasteiger partial charge in [-0.15, -0.1) is 0 Å². The molecule has 1 aliphatic heterocycles. The molecular formula is C10H12N4O4S. The van der Waals surface area contributed by atoms with Crippen molar-refractivity contribution in [2.45, 2.75) is 11.5 Å². The van der Waals surface area contributed by atoms with Gasteiger partial charge in [0.2, 0.25) is 21.3 Å². The van der Waals surface area contributed by atoms with E-state index in [1.54, 1.807) is 0 Å². The normalized spacial score (nSPS) is 21.8. The van der Waals surface area contributed by atoms with Crippen molar-refractivity contribution in [3.8, 4) is 0 Å². The zero-order valence-electron chi connectivity index (χ0n) is 10.2. The Hall–Kier alpha value is -2.00. The van der Waals surface area contributed by atoms with Crippen molar-refractivity contribution >= 4 is 21.8 Å². The van der Waals surface area contributed by atoms with Crippen molar-refractivity contribution in [2.24, 2.45) is 0 Å². The summed E-state index contributed by atoms with van der Waals surface area (Å²) in [5.74, 6) is -0.463. The lowest BCUT2D eigenvalue weighted by Crippen LogP contribution is -2.32. The van der Waals surface area contributed by atoms with Crippen LogP contribution in [0.25, 0.3) is 6.08 Å².